The Balaban J connectivity index is 4.20. The zero-order chi connectivity index (χ0) is 13.6. The summed E-state index contributed by atoms with van der Waals surface area (Å²) >= 11 is 0. The first-order valence-electron chi connectivity index (χ1n) is 5.98. The van der Waals surface area contributed by atoms with Gasteiger partial charge in [-0.25, -0.2) is 0 Å². The molecule has 0 spiro atoms. The summed E-state index contributed by atoms with van der Waals surface area (Å²) in [5.74, 6) is -0.849. The van der Waals surface area contributed by atoms with Crippen LogP contribution < -0.4 is 11.1 Å². The number of aliphatic carboxylic acids is 1. The zero-order valence-electron chi connectivity index (χ0n) is 11.1. The molecule has 17 heavy (non-hydrogen) atoms. The Morgan fingerprint density at radius 1 is 1.41 bits per heavy atom. The highest BCUT2D eigenvalue weighted by Crippen LogP contribution is 2.19. The second-order valence-corrected chi connectivity index (χ2v) is 5.11. The van der Waals surface area contributed by atoms with Gasteiger partial charge in [0.1, 0.15) is 0 Å². The van der Waals surface area contributed by atoms with Gasteiger partial charge in [0.15, 0.2) is 0 Å². The summed E-state index contributed by atoms with van der Waals surface area (Å²) in [6.45, 7) is 7.46. The SMILES string of the molecule is CCC(C)(CNC(=O)CC(N)C(C)C)C(=O)O. The first-order valence-corrected chi connectivity index (χ1v) is 5.98. The second-order valence-electron chi connectivity index (χ2n) is 5.11. The van der Waals surface area contributed by atoms with Gasteiger partial charge in [-0.2, -0.15) is 0 Å². The van der Waals surface area contributed by atoms with E-state index in [1.54, 1.807) is 13.8 Å². The van der Waals surface area contributed by atoms with Gasteiger partial charge in [-0.15, -0.1) is 0 Å². The minimum Gasteiger partial charge on any atom is -0.481 e. The summed E-state index contributed by atoms with van der Waals surface area (Å²) in [4.78, 5) is 22.6. The number of amides is 1. The van der Waals surface area contributed by atoms with Gasteiger partial charge < -0.3 is 16.2 Å². The third-order valence-electron chi connectivity index (χ3n) is 3.25. The molecule has 0 aromatic heterocycles. The maximum absolute atomic E-state index is 11.6. The van der Waals surface area contributed by atoms with Crippen LogP contribution in [0.2, 0.25) is 0 Å². The lowest BCUT2D eigenvalue weighted by Crippen LogP contribution is -2.42. The van der Waals surface area contributed by atoms with Crippen molar-refractivity contribution < 1.29 is 14.7 Å². The fourth-order valence-corrected chi connectivity index (χ4v) is 1.17. The van der Waals surface area contributed by atoms with E-state index in [2.05, 4.69) is 5.32 Å². The number of rotatable bonds is 7. The molecule has 0 saturated carbocycles. The molecule has 0 bridgehead atoms. The minimum absolute atomic E-state index is 0.141. The molecule has 2 atom stereocenters. The molecule has 2 unspecified atom stereocenters. The van der Waals surface area contributed by atoms with Crippen LogP contribution in [0.4, 0.5) is 0 Å². The molecule has 100 valence electrons. The minimum atomic E-state index is -0.905. The predicted octanol–water partition coefficient (Wildman–Crippen LogP) is 0.977. The monoisotopic (exact) mass is 244 g/mol. The predicted molar refractivity (Wildman–Crippen MR) is 66.5 cm³/mol. The average molecular weight is 244 g/mol. The second kappa shape index (κ2) is 6.59. The lowest BCUT2D eigenvalue weighted by molar-refractivity contribution is -0.148. The van der Waals surface area contributed by atoms with Crippen molar-refractivity contribution in [3.63, 3.8) is 0 Å². The summed E-state index contributed by atoms with van der Waals surface area (Å²) in [7, 11) is 0. The Morgan fingerprint density at radius 3 is 2.29 bits per heavy atom. The van der Waals surface area contributed by atoms with E-state index in [0.29, 0.717) is 6.42 Å². The number of hydrogen-bond donors (Lipinski definition) is 3. The van der Waals surface area contributed by atoms with Gasteiger partial charge in [0.25, 0.3) is 0 Å². The molecule has 5 nitrogen and oxygen atoms in total. The molecule has 1 amide bonds. The van der Waals surface area contributed by atoms with Crippen LogP contribution in [-0.4, -0.2) is 29.6 Å². The maximum atomic E-state index is 11.6. The number of nitrogens with two attached hydrogens (primary N) is 1. The number of carbonyl (C=O) groups is 2. The highest BCUT2D eigenvalue weighted by molar-refractivity contribution is 5.79. The van der Waals surface area contributed by atoms with Crippen molar-refractivity contribution in [1.82, 2.24) is 5.32 Å². The van der Waals surface area contributed by atoms with E-state index < -0.39 is 11.4 Å². The van der Waals surface area contributed by atoms with Crippen molar-refractivity contribution >= 4 is 11.9 Å². The van der Waals surface area contributed by atoms with Crippen LogP contribution in [0.3, 0.4) is 0 Å². The Morgan fingerprint density at radius 2 is 1.94 bits per heavy atom. The quantitative estimate of drug-likeness (QED) is 0.622. The van der Waals surface area contributed by atoms with Crippen LogP contribution in [-0.2, 0) is 9.59 Å². The van der Waals surface area contributed by atoms with E-state index in [4.69, 9.17) is 10.8 Å². The molecular weight excluding hydrogens is 220 g/mol. The molecule has 0 saturated heterocycles. The normalized spacial score (nSPS) is 16.4. The molecule has 5 heteroatoms. The summed E-state index contributed by atoms with van der Waals surface area (Å²) in [5, 5.41) is 11.7. The third kappa shape index (κ3) is 5.17. The fourth-order valence-electron chi connectivity index (χ4n) is 1.17. The van der Waals surface area contributed by atoms with Gasteiger partial charge in [0.05, 0.1) is 5.41 Å². The Hall–Kier alpha value is -1.10. The average Bonchev–Trinajstić information content (AvgIpc) is 2.25. The van der Waals surface area contributed by atoms with Crippen molar-refractivity contribution in [2.45, 2.75) is 46.6 Å². The number of nitrogens with one attached hydrogen (secondary N) is 1. The molecule has 0 heterocycles. The van der Waals surface area contributed by atoms with Gasteiger partial charge in [-0.3, -0.25) is 9.59 Å². The fraction of sp³-hybridized carbons (Fsp3) is 0.833. The topological polar surface area (TPSA) is 92.4 Å². The Bertz CT molecular complexity index is 279. The first kappa shape index (κ1) is 15.9. The largest absolute Gasteiger partial charge is 0.481 e. The zero-order valence-corrected chi connectivity index (χ0v) is 11.1. The Kier molecular flexibility index (Phi) is 6.16. The molecule has 0 fully saturated rings. The highest BCUT2D eigenvalue weighted by atomic mass is 16.4. The molecule has 0 aromatic carbocycles. The van der Waals surface area contributed by atoms with Crippen molar-refractivity contribution in [2.75, 3.05) is 6.54 Å². The lowest BCUT2D eigenvalue weighted by atomic mass is 9.87. The highest BCUT2D eigenvalue weighted by Gasteiger charge is 2.31. The van der Waals surface area contributed by atoms with E-state index in [9.17, 15) is 9.59 Å². The summed E-state index contributed by atoms with van der Waals surface area (Å²) in [6, 6.07) is -0.187. The van der Waals surface area contributed by atoms with Gasteiger partial charge in [-0.05, 0) is 19.3 Å². The molecule has 0 rings (SSSR count). The van der Waals surface area contributed by atoms with Crippen LogP contribution in [0.5, 0.6) is 0 Å². The maximum Gasteiger partial charge on any atom is 0.311 e. The van der Waals surface area contributed by atoms with Crippen LogP contribution in [0.25, 0.3) is 0 Å². The van der Waals surface area contributed by atoms with E-state index in [0.717, 1.165) is 0 Å². The third-order valence-corrected chi connectivity index (χ3v) is 3.25. The summed E-state index contributed by atoms with van der Waals surface area (Å²) in [5.41, 5.74) is 4.87. The molecule has 0 aliphatic carbocycles. The number of carboxylic acid groups (broad SMARTS) is 1. The van der Waals surface area contributed by atoms with Crippen LogP contribution in [0.1, 0.15) is 40.5 Å². The van der Waals surface area contributed by atoms with E-state index in [-0.39, 0.29) is 30.8 Å². The molecule has 0 aliphatic rings. The van der Waals surface area contributed by atoms with Gasteiger partial charge in [-0.1, -0.05) is 20.8 Å². The number of hydrogen-bond acceptors (Lipinski definition) is 3. The van der Waals surface area contributed by atoms with E-state index in [1.807, 2.05) is 13.8 Å². The van der Waals surface area contributed by atoms with Crippen LogP contribution in [0, 0.1) is 11.3 Å². The van der Waals surface area contributed by atoms with Crippen LogP contribution in [0.15, 0.2) is 0 Å². The van der Waals surface area contributed by atoms with Gasteiger partial charge in [0, 0.05) is 19.0 Å². The van der Waals surface area contributed by atoms with E-state index >= 15 is 0 Å². The van der Waals surface area contributed by atoms with Gasteiger partial charge >= 0.3 is 5.97 Å². The summed E-state index contributed by atoms with van der Waals surface area (Å²) < 4.78 is 0. The molecule has 0 aliphatic heterocycles. The van der Waals surface area contributed by atoms with Crippen molar-refractivity contribution in [1.29, 1.82) is 0 Å². The molecule has 0 aromatic rings. The van der Waals surface area contributed by atoms with Crippen molar-refractivity contribution in [3.8, 4) is 0 Å². The smallest absolute Gasteiger partial charge is 0.311 e. The molecular formula is C12H24N2O3. The Labute approximate surface area is 103 Å². The molecule has 4 N–H and O–H groups in total. The lowest BCUT2D eigenvalue weighted by Gasteiger charge is -2.24. The van der Waals surface area contributed by atoms with Gasteiger partial charge in [0.2, 0.25) is 5.91 Å². The number of carboxylic acids is 1. The van der Waals surface area contributed by atoms with Crippen LogP contribution >= 0.6 is 0 Å². The number of carbonyl (C=O) groups excluding carboxylic acids is 1. The first-order chi connectivity index (χ1) is 7.73. The molecule has 0 radical (unpaired) electrons. The van der Waals surface area contributed by atoms with Crippen molar-refractivity contribution in [3.05, 3.63) is 0 Å². The summed E-state index contributed by atoms with van der Waals surface area (Å²) in [6.07, 6.45) is 0.704. The van der Waals surface area contributed by atoms with E-state index in [1.165, 1.54) is 0 Å². The van der Waals surface area contributed by atoms with Crippen molar-refractivity contribution in [2.24, 2.45) is 17.1 Å². The standard InChI is InChI=1S/C12H24N2O3/c1-5-12(4,11(16)17)7-14-10(15)6-9(13)8(2)3/h8-9H,5-7,13H2,1-4H3,(H,14,15)(H,16,17).